The summed E-state index contributed by atoms with van der Waals surface area (Å²) in [6, 6.07) is 0. The molecule has 1 rings (SSSR count). The number of aryl methyl sites for hydroxylation is 1. The number of hydrogen-bond acceptors (Lipinski definition) is 6. The third-order valence-electron chi connectivity index (χ3n) is 1.84. The van der Waals surface area contributed by atoms with E-state index in [9.17, 15) is 4.79 Å². The predicted octanol–water partition coefficient (Wildman–Crippen LogP) is -0.188. The van der Waals surface area contributed by atoms with Crippen LogP contribution in [0.3, 0.4) is 0 Å². The van der Waals surface area contributed by atoms with Gasteiger partial charge < -0.3 is 14.8 Å². The number of amides is 1. The maximum Gasteiger partial charge on any atom is 0.493 e. The number of hydrogen-bond donors (Lipinski definition) is 3. The van der Waals surface area contributed by atoms with E-state index in [0.29, 0.717) is 5.82 Å². The van der Waals surface area contributed by atoms with E-state index in [1.54, 1.807) is 27.7 Å². The number of nitrogens with zero attached hydrogens (tertiary/aromatic N) is 2. The predicted molar refractivity (Wildman–Crippen MR) is 66.5 cm³/mol. The van der Waals surface area contributed by atoms with Crippen molar-refractivity contribution in [1.29, 1.82) is 0 Å². The highest BCUT2D eigenvalue weighted by molar-refractivity contribution is 6.60. The molecule has 3 N–H and O–H groups in total. The van der Waals surface area contributed by atoms with Gasteiger partial charge in [-0.3, -0.25) is 5.32 Å². The average Bonchev–Trinajstić information content (AvgIpc) is 2.13. The Kier molecular flexibility index (Phi) is 4.26. The summed E-state index contributed by atoms with van der Waals surface area (Å²) in [5.41, 5.74) is -0.643. The Labute approximate surface area is 105 Å². The van der Waals surface area contributed by atoms with Gasteiger partial charge in [0.05, 0.1) is 0 Å². The molecule has 98 valence electrons. The summed E-state index contributed by atoms with van der Waals surface area (Å²) < 4.78 is 5.04. The third kappa shape index (κ3) is 4.30. The quantitative estimate of drug-likeness (QED) is 0.631. The van der Waals surface area contributed by atoms with E-state index < -0.39 is 18.8 Å². The van der Waals surface area contributed by atoms with Crippen molar-refractivity contribution in [1.82, 2.24) is 9.97 Å². The fourth-order valence-corrected chi connectivity index (χ4v) is 1.17. The van der Waals surface area contributed by atoms with Crippen LogP contribution in [0.5, 0.6) is 0 Å². The molecule has 0 aliphatic heterocycles. The van der Waals surface area contributed by atoms with E-state index in [2.05, 4.69) is 15.3 Å². The number of aromatic nitrogens is 2. The van der Waals surface area contributed by atoms with Gasteiger partial charge in [-0.1, -0.05) is 0 Å². The molecule has 0 unspecified atom stereocenters. The topological polar surface area (TPSA) is 105 Å². The molecule has 0 aliphatic rings. The van der Waals surface area contributed by atoms with Gasteiger partial charge in [-0.2, -0.15) is 0 Å². The molecule has 0 spiro atoms. The minimum Gasteiger partial charge on any atom is -0.444 e. The molecule has 18 heavy (non-hydrogen) atoms. The second-order valence-electron chi connectivity index (χ2n) is 4.72. The van der Waals surface area contributed by atoms with E-state index in [1.165, 1.54) is 6.20 Å². The van der Waals surface area contributed by atoms with Crippen molar-refractivity contribution in [3.63, 3.8) is 0 Å². The Bertz CT molecular complexity index is 445. The van der Waals surface area contributed by atoms with Crippen LogP contribution in [0.4, 0.5) is 10.6 Å². The number of nitrogens with one attached hydrogen (secondary N) is 1. The first-order chi connectivity index (χ1) is 8.19. The molecule has 0 saturated heterocycles. The highest BCUT2D eigenvalue weighted by Crippen LogP contribution is 2.09. The Morgan fingerprint density at radius 2 is 2.06 bits per heavy atom. The number of carbonyl (C=O) groups is 1. The van der Waals surface area contributed by atoms with Gasteiger partial charge in [-0.05, 0) is 27.7 Å². The molecular weight excluding hydrogens is 237 g/mol. The van der Waals surface area contributed by atoms with Crippen molar-refractivity contribution in [3.05, 3.63) is 12.0 Å². The first-order valence-corrected chi connectivity index (χ1v) is 5.39. The summed E-state index contributed by atoms with van der Waals surface area (Å²) in [6.45, 7) is 6.78. The highest BCUT2D eigenvalue weighted by atomic mass is 16.6. The number of anilines is 1. The largest absolute Gasteiger partial charge is 0.493 e. The fraction of sp³-hybridized carbons (Fsp3) is 0.500. The summed E-state index contributed by atoms with van der Waals surface area (Å²) in [5.74, 6) is 0.414. The molecule has 1 aromatic heterocycles. The molecule has 0 atom stereocenters. The van der Waals surface area contributed by atoms with Crippen LogP contribution in [0.15, 0.2) is 6.20 Å². The summed E-state index contributed by atoms with van der Waals surface area (Å²) in [7, 11) is -1.77. The first-order valence-electron chi connectivity index (χ1n) is 5.39. The summed E-state index contributed by atoms with van der Waals surface area (Å²) >= 11 is 0. The molecule has 0 fully saturated rings. The average molecular weight is 253 g/mol. The van der Waals surface area contributed by atoms with Gasteiger partial charge in [0, 0.05) is 11.7 Å². The van der Waals surface area contributed by atoms with Crippen LogP contribution in [0.1, 0.15) is 26.6 Å². The molecule has 1 heterocycles. The highest BCUT2D eigenvalue weighted by Gasteiger charge is 2.22. The van der Waals surface area contributed by atoms with E-state index in [1.807, 2.05) is 0 Å². The smallest absolute Gasteiger partial charge is 0.444 e. The SMILES string of the molecule is Cc1ncc(B(O)O)c(NC(=O)OC(C)(C)C)n1. The summed E-state index contributed by atoms with van der Waals surface area (Å²) in [4.78, 5) is 19.3. The molecule has 0 radical (unpaired) electrons. The van der Waals surface area contributed by atoms with Crippen molar-refractivity contribution in [2.24, 2.45) is 0 Å². The van der Waals surface area contributed by atoms with Gasteiger partial charge in [0.25, 0.3) is 0 Å². The Balaban J connectivity index is 2.89. The van der Waals surface area contributed by atoms with Gasteiger partial charge in [0.1, 0.15) is 17.2 Å². The minimum atomic E-state index is -1.77. The monoisotopic (exact) mass is 253 g/mol. The van der Waals surface area contributed by atoms with Crippen LogP contribution >= 0.6 is 0 Å². The van der Waals surface area contributed by atoms with Crippen LogP contribution in [-0.4, -0.2) is 38.8 Å². The zero-order chi connectivity index (χ0) is 13.9. The Morgan fingerprint density at radius 1 is 1.44 bits per heavy atom. The maximum atomic E-state index is 11.6. The Morgan fingerprint density at radius 3 is 2.56 bits per heavy atom. The second-order valence-corrected chi connectivity index (χ2v) is 4.72. The Hall–Kier alpha value is -1.67. The second kappa shape index (κ2) is 5.32. The van der Waals surface area contributed by atoms with Crippen LogP contribution in [0.25, 0.3) is 0 Å². The van der Waals surface area contributed by atoms with Crippen molar-refractivity contribution >= 4 is 24.5 Å². The summed E-state index contributed by atoms with van der Waals surface area (Å²) in [5, 5.41) is 20.6. The minimum absolute atomic E-state index is 0.00598. The zero-order valence-corrected chi connectivity index (χ0v) is 10.8. The molecule has 0 aromatic carbocycles. The summed E-state index contributed by atoms with van der Waals surface area (Å²) in [6.07, 6.45) is 0.516. The van der Waals surface area contributed by atoms with E-state index in [4.69, 9.17) is 14.8 Å². The van der Waals surface area contributed by atoms with Crippen molar-refractivity contribution in [3.8, 4) is 0 Å². The maximum absolute atomic E-state index is 11.6. The lowest BCUT2D eigenvalue weighted by molar-refractivity contribution is 0.0635. The van der Waals surface area contributed by atoms with Crippen LogP contribution in [0.2, 0.25) is 0 Å². The first kappa shape index (κ1) is 14.4. The van der Waals surface area contributed by atoms with Gasteiger partial charge >= 0.3 is 13.2 Å². The van der Waals surface area contributed by atoms with Gasteiger partial charge in [-0.25, -0.2) is 14.8 Å². The third-order valence-corrected chi connectivity index (χ3v) is 1.84. The van der Waals surface area contributed by atoms with Gasteiger partial charge in [0.2, 0.25) is 0 Å². The van der Waals surface area contributed by atoms with E-state index in [0.717, 1.165) is 0 Å². The lowest BCUT2D eigenvalue weighted by Crippen LogP contribution is -2.36. The van der Waals surface area contributed by atoms with Crippen LogP contribution < -0.4 is 10.8 Å². The van der Waals surface area contributed by atoms with Gasteiger partial charge in [-0.15, -0.1) is 0 Å². The molecule has 0 bridgehead atoms. The van der Waals surface area contributed by atoms with Crippen molar-refractivity contribution < 1.29 is 19.6 Å². The molecular formula is C10H16BN3O4. The van der Waals surface area contributed by atoms with Gasteiger partial charge in [0.15, 0.2) is 0 Å². The molecule has 8 heteroatoms. The molecule has 1 aromatic rings. The van der Waals surface area contributed by atoms with Crippen LogP contribution in [-0.2, 0) is 4.74 Å². The lowest BCUT2D eigenvalue weighted by atomic mass is 9.81. The van der Waals surface area contributed by atoms with E-state index in [-0.39, 0.29) is 11.3 Å². The molecule has 0 saturated carbocycles. The normalized spacial score (nSPS) is 11.0. The fourth-order valence-electron chi connectivity index (χ4n) is 1.17. The number of ether oxygens (including phenoxy) is 1. The molecule has 7 nitrogen and oxygen atoms in total. The van der Waals surface area contributed by atoms with Crippen molar-refractivity contribution in [2.45, 2.75) is 33.3 Å². The molecule has 1 amide bonds. The van der Waals surface area contributed by atoms with Crippen LogP contribution in [0, 0.1) is 6.92 Å². The standard InChI is InChI=1S/C10H16BN3O4/c1-6-12-5-7(11(16)17)8(13-6)14-9(15)18-10(2,3)4/h5,16-17H,1-4H3,(H,12,13,14,15). The lowest BCUT2D eigenvalue weighted by Gasteiger charge is -2.20. The number of rotatable bonds is 2. The zero-order valence-electron chi connectivity index (χ0n) is 10.8. The number of carbonyl (C=O) groups excluding carboxylic acids is 1. The molecule has 0 aliphatic carbocycles. The van der Waals surface area contributed by atoms with Crippen molar-refractivity contribution in [2.75, 3.05) is 5.32 Å². The van der Waals surface area contributed by atoms with E-state index >= 15 is 0 Å².